The molecule has 2 rings (SSSR count). The Morgan fingerprint density at radius 1 is 1.69 bits per heavy atom. The molecule has 1 fully saturated rings. The van der Waals surface area contributed by atoms with E-state index in [-0.39, 0.29) is 10.7 Å². The Kier molecular flexibility index (Phi) is 2.84. The van der Waals surface area contributed by atoms with Crippen molar-refractivity contribution in [2.24, 2.45) is 0 Å². The van der Waals surface area contributed by atoms with Crippen LogP contribution in [0.15, 0.2) is 6.20 Å². The molecule has 5 nitrogen and oxygen atoms in total. The minimum absolute atomic E-state index is 0.0281. The zero-order valence-electron chi connectivity index (χ0n) is 9.49. The molecule has 6 heteroatoms. The molecule has 88 valence electrons. The number of nitrogen functional groups attached to an aromatic ring is 1. The molecule has 0 aliphatic carbocycles. The zero-order chi connectivity index (χ0) is 11.8. The SMILES string of the molecule is CC1(C)CN(C(=O)c2cn[nH]c2N)CCS1. The lowest BCUT2D eigenvalue weighted by Crippen LogP contribution is -2.46. The summed E-state index contributed by atoms with van der Waals surface area (Å²) in [5.74, 6) is 1.29. The highest BCUT2D eigenvalue weighted by atomic mass is 32.2. The largest absolute Gasteiger partial charge is 0.383 e. The van der Waals surface area contributed by atoms with Gasteiger partial charge in [-0.05, 0) is 13.8 Å². The van der Waals surface area contributed by atoms with Crippen molar-refractivity contribution in [3.63, 3.8) is 0 Å². The van der Waals surface area contributed by atoms with Crippen molar-refractivity contribution in [3.8, 4) is 0 Å². The summed E-state index contributed by atoms with van der Waals surface area (Å²) in [5, 5.41) is 6.36. The van der Waals surface area contributed by atoms with Crippen LogP contribution >= 0.6 is 11.8 Å². The van der Waals surface area contributed by atoms with Gasteiger partial charge in [0.05, 0.1) is 6.20 Å². The minimum atomic E-state index is -0.0281. The van der Waals surface area contributed by atoms with Crippen LogP contribution in [-0.2, 0) is 0 Å². The summed E-state index contributed by atoms with van der Waals surface area (Å²) in [6.07, 6.45) is 1.49. The van der Waals surface area contributed by atoms with Gasteiger partial charge >= 0.3 is 0 Å². The molecule has 0 unspecified atom stereocenters. The van der Waals surface area contributed by atoms with Gasteiger partial charge in [0.25, 0.3) is 5.91 Å². The van der Waals surface area contributed by atoms with Crippen LogP contribution in [0.4, 0.5) is 5.82 Å². The molecule has 0 spiro atoms. The first kappa shape index (κ1) is 11.3. The third kappa shape index (κ3) is 2.16. The number of aromatic nitrogens is 2. The fourth-order valence-corrected chi connectivity index (χ4v) is 2.94. The maximum Gasteiger partial charge on any atom is 0.259 e. The van der Waals surface area contributed by atoms with Crippen LogP contribution in [-0.4, -0.2) is 44.6 Å². The van der Waals surface area contributed by atoms with E-state index in [1.54, 1.807) is 0 Å². The summed E-state index contributed by atoms with van der Waals surface area (Å²) in [7, 11) is 0. The number of carbonyl (C=O) groups excluding carboxylic acids is 1. The Balaban J connectivity index is 2.14. The van der Waals surface area contributed by atoms with E-state index in [0.29, 0.717) is 11.4 Å². The van der Waals surface area contributed by atoms with Gasteiger partial charge in [-0.3, -0.25) is 9.89 Å². The molecule has 1 aliphatic rings. The standard InChI is InChI=1S/C10H16N4OS/c1-10(2)6-14(3-4-16-10)9(15)7-5-12-13-8(7)11/h5H,3-4,6H2,1-2H3,(H3,11,12,13). The number of nitrogens with zero attached hydrogens (tertiary/aromatic N) is 2. The van der Waals surface area contributed by atoms with E-state index >= 15 is 0 Å². The molecular weight excluding hydrogens is 224 g/mol. The Morgan fingerprint density at radius 2 is 2.44 bits per heavy atom. The highest BCUT2D eigenvalue weighted by molar-refractivity contribution is 8.00. The first-order valence-corrected chi connectivity index (χ1v) is 6.20. The highest BCUT2D eigenvalue weighted by Crippen LogP contribution is 2.30. The molecule has 0 radical (unpaired) electrons. The lowest BCUT2D eigenvalue weighted by atomic mass is 10.1. The third-order valence-corrected chi connectivity index (χ3v) is 3.91. The molecule has 0 aromatic carbocycles. The van der Waals surface area contributed by atoms with Gasteiger partial charge in [-0.2, -0.15) is 16.9 Å². The summed E-state index contributed by atoms with van der Waals surface area (Å²) < 4.78 is 0.117. The van der Waals surface area contributed by atoms with Gasteiger partial charge in [0.15, 0.2) is 0 Å². The predicted octanol–water partition coefficient (Wildman–Crippen LogP) is 0.960. The number of thioether (sulfide) groups is 1. The second kappa shape index (κ2) is 4.01. The number of rotatable bonds is 1. The fraction of sp³-hybridized carbons (Fsp3) is 0.600. The molecule has 1 aliphatic heterocycles. The highest BCUT2D eigenvalue weighted by Gasteiger charge is 2.31. The van der Waals surface area contributed by atoms with Gasteiger partial charge in [-0.1, -0.05) is 0 Å². The Hall–Kier alpha value is -1.17. The number of nitrogens with two attached hydrogens (primary N) is 1. The molecule has 0 saturated carbocycles. The number of amides is 1. The van der Waals surface area contributed by atoms with Crippen molar-refractivity contribution in [2.45, 2.75) is 18.6 Å². The minimum Gasteiger partial charge on any atom is -0.383 e. The average molecular weight is 240 g/mol. The van der Waals surface area contributed by atoms with Gasteiger partial charge in [0.2, 0.25) is 0 Å². The average Bonchev–Trinajstić information content (AvgIpc) is 2.62. The van der Waals surface area contributed by atoms with Gasteiger partial charge in [0.1, 0.15) is 11.4 Å². The van der Waals surface area contributed by atoms with Gasteiger partial charge in [-0.15, -0.1) is 0 Å². The topological polar surface area (TPSA) is 75.0 Å². The number of aromatic amines is 1. The summed E-state index contributed by atoms with van der Waals surface area (Å²) in [4.78, 5) is 14.0. The van der Waals surface area contributed by atoms with Crippen molar-refractivity contribution < 1.29 is 4.79 Å². The maximum absolute atomic E-state index is 12.1. The van der Waals surface area contributed by atoms with Crippen LogP contribution in [0.5, 0.6) is 0 Å². The molecule has 1 aromatic heterocycles. The maximum atomic E-state index is 12.1. The molecule has 1 aromatic rings. The molecule has 0 atom stereocenters. The van der Waals surface area contributed by atoms with Gasteiger partial charge in [0, 0.05) is 23.6 Å². The quantitative estimate of drug-likeness (QED) is 0.766. The van der Waals surface area contributed by atoms with E-state index < -0.39 is 0 Å². The Bertz CT molecular complexity index is 401. The lowest BCUT2D eigenvalue weighted by Gasteiger charge is -2.37. The number of hydrogen-bond acceptors (Lipinski definition) is 4. The smallest absolute Gasteiger partial charge is 0.259 e. The Labute approximate surface area is 98.8 Å². The zero-order valence-corrected chi connectivity index (χ0v) is 10.3. The number of anilines is 1. The molecule has 16 heavy (non-hydrogen) atoms. The van der Waals surface area contributed by atoms with E-state index in [4.69, 9.17) is 5.73 Å². The number of carbonyl (C=O) groups is 1. The van der Waals surface area contributed by atoms with Crippen molar-refractivity contribution in [3.05, 3.63) is 11.8 Å². The van der Waals surface area contributed by atoms with E-state index in [2.05, 4.69) is 24.0 Å². The van der Waals surface area contributed by atoms with Crippen LogP contribution in [0.2, 0.25) is 0 Å². The van der Waals surface area contributed by atoms with E-state index in [0.717, 1.165) is 18.8 Å². The first-order chi connectivity index (χ1) is 7.49. The van der Waals surface area contributed by atoms with Gasteiger partial charge in [-0.25, -0.2) is 0 Å². The van der Waals surface area contributed by atoms with Crippen molar-refractivity contribution in [2.75, 3.05) is 24.6 Å². The van der Waals surface area contributed by atoms with Crippen LogP contribution < -0.4 is 5.73 Å². The Morgan fingerprint density at radius 3 is 3.00 bits per heavy atom. The van der Waals surface area contributed by atoms with E-state index in [1.807, 2.05) is 16.7 Å². The predicted molar refractivity (Wildman–Crippen MR) is 65.4 cm³/mol. The van der Waals surface area contributed by atoms with E-state index in [1.165, 1.54) is 6.20 Å². The second-order valence-electron chi connectivity index (χ2n) is 4.53. The van der Waals surface area contributed by atoms with Crippen LogP contribution in [0.25, 0.3) is 0 Å². The van der Waals surface area contributed by atoms with Crippen molar-refractivity contribution in [1.82, 2.24) is 15.1 Å². The monoisotopic (exact) mass is 240 g/mol. The summed E-state index contributed by atoms with van der Waals surface area (Å²) in [6, 6.07) is 0. The number of nitrogens with one attached hydrogen (secondary N) is 1. The summed E-state index contributed by atoms with van der Waals surface area (Å²) in [5.41, 5.74) is 6.12. The second-order valence-corrected chi connectivity index (χ2v) is 6.33. The molecule has 1 amide bonds. The van der Waals surface area contributed by atoms with Crippen LogP contribution in [0.3, 0.4) is 0 Å². The molecular formula is C10H16N4OS. The third-order valence-electron chi connectivity index (χ3n) is 2.61. The van der Waals surface area contributed by atoms with Crippen LogP contribution in [0, 0.1) is 0 Å². The van der Waals surface area contributed by atoms with E-state index in [9.17, 15) is 4.79 Å². The number of hydrogen-bond donors (Lipinski definition) is 2. The molecule has 2 heterocycles. The summed E-state index contributed by atoms with van der Waals surface area (Å²) >= 11 is 1.89. The fourth-order valence-electron chi connectivity index (χ4n) is 1.83. The molecule has 1 saturated heterocycles. The molecule has 0 bridgehead atoms. The summed E-state index contributed by atoms with van der Waals surface area (Å²) in [6.45, 7) is 5.82. The lowest BCUT2D eigenvalue weighted by molar-refractivity contribution is 0.0749. The van der Waals surface area contributed by atoms with Crippen LogP contribution in [0.1, 0.15) is 24.2 Å². The first-order valence-electron chi connectivity index (χ1n) is 5.22. The molecule has 3 N–H and O–H groups in total. The van der Waals surface area contributed by atoms with Gasteiger partial charge < -0.3 is 10.6 Å². The normalized spacial score (nSPS) is 19.8. The van der Waals surface area contributed by atoms with Crippen molar-refractivity contribution in [1.29, 1.82) is 0 Å². The number of H-pyrrole nitrogens is 1. The van der Waals surface area contributed by atoms with Crippen molar-refractivity contribution >= 4 is 23.5 Å².